The number of rotatable bonds is 4. The van der Waals surface area contributed by atoms with Crippen LogP contribution in [0, 0.1) is 6.92 Å². The number of aryl methyl sites for hydroxylation is 2. The molecule has 4 heteroatoms. The van der Waals surface area contributed by atoms with Crippen molar-refractivity contribution in [1.82, 2.24) is 19.1 Å². The summed E-state index contributed by atoms with van der Waals surface area (Å²) in [5.74, 6) is 1.04. The third-order valence-corrected chi connectivity index (χ3v) is 2.52. The van der Waals surface area contributed by atoms with Crippen LogP contribution in [0.1, 0.15) is 24.9 Å². The third-order valence-electron chi connectivity index (χ3n) is 2.52. The molecule has 0 radical (unpaired) electrons. The van der Waals surface area contributed by atoms with Gasteiger partial charge in [-0.2, -0.15) is 0 Å². The van der Waals surface area contributed by atoms with Gasteiger partial charge in [0, 0.05) is 25.1 Å². The maximum atomic E-state index is 4.21. The highest BCUT2D eigenvalue weighted by Crippen LogP contribution is 2.05. The minimum atomic E-state index is 0.853. The standard InChI is InChI=1S/C11H16N4/c1-3-5-15-9-12-7-11(15)8-14-6-4-13-10(14)2/h4,6-7,9H,3,5,8H2,1-2H3. The lowest BCUT2D eigenvalue weighted by Gasteiger charge is -2.08. The molecular weight excluding hydrogens is 188 g/mol. The normalized spacial score (nSPS) is 10.8. The Morgan fingerprint density at radius 2 is 2.20 bits per heavy atom. The van der Waals surface area contributed by atoms with Gasteiger partial charge >= 0.3 is 0 Å². The topological polar surface area (TPSA) is 35.6 Å². The highest BCUT2D eigenvalue weighted by molar-refractivity contribution is 5.02. The Hall–Kier alpha value is -1.58. The summed E-state index contributed by atoms with van der Waals surface area (Å²) in [6.07, 6.45) is 8.78. The Bertz CT molecular complexity index is 427. The van der Waals surface area contributed by atoms with E-state index < -0.39 is 0 Å². The molecule has 0 N–H and O–H groups in total. The molecular formula is C11H16N4. The van der Waals surface area contributed by atoms with Gasteiger partial charge in [-0.1, -0.05) is 6.92 Å². The van der Waals surface area contributed by atoms with Crippen LogP contribution in [0.25, 0.3) is 0 Å². The van der Waals surface area contributed by atoms with Crippen LogP contribution >= 0.6 is 0 Å². The molecule has 0 aromatic carbocycles. The van der Waals surface area contributed by atoms with E-state index in [4.69, 9.17) is 0 Å². The highest BCUT2D eigenvalue weighted by atomic mass is 15.1. The third kappa shape index (κ3) is 2.09. The Kier molecular flexibility index (Phi) is 2.85. The van der Waals surface area contributed by atoms with Gasteiger partial charge in [0.1, 0.15) is 5.82 Å². The first-order valence-electron chi connectivity index (χ1n) is 5.28. The summed E-state index contributed by atoms with van der Waals surface area (Å²) in [6, 6.07) is 0. The maximum Gasteiger partial charge on any atom is 0.105 e. The predicted octanol–water partition coefficient (Wildman–Crippen LogP) is 1.85. The smallest absolute Gasteiger partial charge is 0.105 e. The van der Waals surface area contributed by atoms with Crippen LogP contribution in [-0.4, -0.2) is 19.1 Å². The Morgan fingerprint density at radius 1 is 1.33 bits per heavy atom. The van der Waals surface area contributed by atoms with E-state index in [0.717, 1.165) is 25.3 Å². The second kappa shape index (κ2) is 4.29. The molecule has 80 valence electrons. The van der Waals surface area contributed by atoms with E-state index in [-0.39, 0.29) is 0 Å². The average molecular weight is 204 g/mol. The molecule has 0 amide bonds. The summed E-state index contributed by atoms with van der Waals surface area (Å²) in [5, 5.41) is 0. The molecule has 0 bridgehead atoms. The lowest BCUT2D eigenvalue weighted by atomic mass is 10.4. The Labute approximate surface area is 89.6 Å². The fourth-order valence-corrected chi connectivity index (χ4v) is 1.67. The fraction of sp³-hybridized carbons (Fsp3) is 0.455. The van der Waals surface area contributed by atoms with Crippen molar-refractivity contribution >= 4 is 0 Å². The predicted molar refractivity (Wildman–Crippen MR) is 58.6 cm³/mol. The molecule has 0 aliphatic carbocycles. The van der Waals surface area contributed by atoms with Gasteiger partial charge in [-0.05, 0) is 13.3 Å². The van der Waals surface area contributed by atoms with Crippen LogP contribution in [0.5, 0.6) is 0 Å². The van der Waals surface area contributed by atoms with E-state index >= 15 is 0 Å². The monoisotopic (exact) mass is 204 g/mol. The minimum absolute atomic E-state index is 0.853. The van der Waals surface area contributed by atoms with E-state index in [1.54, 1.807) is 0 Å². The van der Waals surface area contributed by atoms with Crippen molar-refractivity contribution in [3.63, 3.8) is 0 Å². The van der Waals surface area contributed by atoms with Crippen LogP contribution in [-0.2, 0) is 13.1 Å². The Balaban J connectivity index is 2.17. The van der Waals surface area contributed by atoms with Gasteiger partial charge in [0.05, 0.1) is 18.6 Å². The van der Waals surface area contributed by atoms with Gasteiger partial charge in [0.2, 0.25) is 0 Å². The molecule has 0 saturated heterocycles. The first-order valence-corrected chi connectivity index (χ1v) is 5.28. The van der Waals surface area contributed by atoms with E-state index in [2.05, 4.69) is 26.0 Å². The van der Waals surface area contributed by atoms with Gasteiger partial charge < -0.3 is 9.13 Å². The summed E-state index contributed by atoms with van der Waals surface area (Å²) in [7, 11) is 0. The molecule has 0 aliphatic heterocycles. The van der Waals surface area contributed by atoms with E-state index in [9.17, 15) is 0 Å². The second-order valence-corrected chi connectivity index (χ2v) is 3.68. The SMILES string of the molecule is CCCn1cncc1Cn1ccnc1C. The number of hydrogen-bond donors (Lipinski definition) is 0. The van der Waals surface area contributed by atoms with Gasteiger partial charge in [-0.25, -0.2) is 9.97 Å². The molecule has 4 nitrogen and oxygen atoms in total. The van der Waals surface area contributed by atoms with Crippen molar-refractivity contribution in [2.45, 2.75) is 33.4 Å². The summed E-state index contributed by atoms with van der Waals surface area (Å²) < 4.78 is 4.32. The number of hydrogen-bond acceptors (Lipinski definition) is 2. The maximum absolute atomic E-state index is 4.21. The summed E-state index contributed by atoms with van der Waals surface area (Å²) >= 11 is 0. The van der Waals surface area contributed by atoms with Crippen molar-refractivity contribution in [2.24, 2.45) is 0 Å². The molecule has 0 fully saturated rings. The first kappa shape index (κ1) is 9.96. The molecule has 15 heavy (non-hydrogen) atoms. The van der Waals surface area contributed by atoms with Crippen molar-refractivity contribution in [2.75, 3.05) is 0 Å². The second-order valence-electron chi connectivity index (χ2n) is 3.68. The molecule has 2 aromatic rings. The molecule has 2 aromatic heterocycles. The number of nitrogens with zero attached hydrogens (tertiary/aromatic N) is 4. The lowest BCUT2D eigenvalue weighted by molar-refractivity contribution is 0.618. The van der Waals surface area contributed by atoms with Gasteiger partial charge in [0.15, 0.2) is 0 Å². The highest BCUT2D eigenvalue weighted by Gasteiger charge is 2.03. The largest absolute Gasteiger partial charge is 0.333 e. The van der Waals surface area contributed by atoms with E-state index in [0.29, 0.717) is 0 Å². The first-order chi connectivity index (χ1) is 7.31. The van der Waals surface area contributed by atoms with Crippen molar-refractivity contribution in [3.8, 4) is 0 Å². The molecule has 0 atom stereocenters. The molecule has 0 saturated carbocycles. The zero-order chi connectivity index (χ0) is 10.7. The Morgan fingerprint density at radius 3 is 2.87 bits per heavy atom. The van der Waals surface area contributed by atoms with Crippen LogP contribution in [0.4, 0.5) is 0 Å². The van der Waals surface area contributed by atoms with Gasteiger partial charge in [-0.15, -0.1) is 0 Å². The van der Waals surface area contributed by atoms with Crippen molar-refractivity contribution < 1.29 is 0 Å². The molecule has 0 aliphatic rings. The van der Waals surface area contributed by atoms with Crippen LogP contribution in [0.3, 0.4) is 0 Å². The average Bonchev–Trinajstić information content (AvgIpc) is 2.80. The van der Waals surface area contributed by atoms with Crippen molar-refractivity contribution in [1.29, 1.82) is 0 Å². The van der Waals surface area contributed by atoms with Crippen LogP contribution < -0.4 is 0 Å². The molecule has 0 spiro atoms. The number of aromatic nitrogens is 4. The molecule has 0 unspecified atom stereocenters. The summed E-state index contributed by atoms with van der Waals surface area (Å²) in [5.41, 5.74) is 1.23. The van der Waals surface area contributed by atoms with Crippen molar-refractivity contribution in [3.05, 3.63) is 36.4 Å². The van der Waals surface area contributed by atoms with Crippen LogP contribution in [0.15, 0.2) is 24.9 Å². The number of imidazole rings is 2. The van der Waals surface area contributed by atoms with Crippen LogP contribution in [0.2, 0.25) is 0 Å². The lowest BCUT2D eigenvalue weighted by Crippen LogP contribution is -2.07. The summed E-state index contributed by atoms with van der Waals surface area (Å²) in [4.78, 5) is 8.39. The molecule has 2 rings (SSSR count). The fourth-order valence-electron chi connectivity index (χ4n) is 1.67. The van der Waals surface area contributed by atoms with E-state index in [1.165, 1.54) is 5.69 Å². The zero-order valence-electron chi connectivity index (χ0n) is 9.22. The van der Waals surface area contributed by atoms with Gasteiger partial charge in [0.25, 0.3) is 0 Å². The molecule has 2 heterocycles. The zero-order valence-corrected chi connectivity index (χ0v) is 9.22. The van der Waals surface area contributed by atoms with Gasteiger partial charge in [-0.3, -0.25) is 0 Å². The minimum Gasteiger partial charge on any atom is -0.333 e. The quantitative estimate of drug-likeness (QED) is 0.762. The van der Waals surface area contributed by atoms with E-state index in [1.807, 2.05) is 31.8 Å². The summed E-state index contributed by atoms with van der Waals surface area (Å²) in [6.45, 7) is 6.07.